The van der Waals surface area contributed by atoms with E-state index in [4.69, 9.17) is 0 Å². The molecule has 1 aliphatic heterocycles. The monoisotopic (exact) mass is 289 g/mol. The minimum absolute atomic E-state index is 0.123. The molecule has 0 radical (unpaired) electrons. The molecule has 1 saturated heterocycles. The zero-order valence-electron chi connectivity index (χ0n) is 13.2. The predicted molar refractivity (Wildman–Crippen MR) is 88.8 cm³/mol. The summed E-state index contributed by atoms with van der Waals surface area (Å²) in [5, 5.41) is 6.33. The van der Waals surface area contributed by atoms with Crippen LogP contribution in [0.25, 0.3) is 0 Å². The van der Waals surface area contributed by atoms with Crippen LogP contribution in [0.3, 0.4) is 0 Å². The fourth-order valence-electron chi connectivity index (χ4n) is 2.86. The second-order valence-electron chi connectivity index (χ2n) is 5.66. The first-order valence-corrected chi connectivity index (χ1v) is 8.08. The van der Waals surface area contributed by atoms with Crippen molar-refractivity contribution in [3.63, 3.8) is 0 Å². The Labute approximate surface area is 127 Å². The predicted octanol–water partition coefficient (Wildman–Crippen LogP) is 2.86. The Morgan fingerprint density at radius 1 is 1.29 bits per heavy atom. The number of carbonyl (C=O) groups is 1. The molecule has 0 bridgehead atoms. The number of nitrogens with one attached hydrogen (secondary N) is 2. The summed E-state index contributed by atoms with van der Waals surface area (Å²) >= 11 is 0. The highest BCUT2D eigenvalue weighted by Crippen LogP contribution is 2.19. The van der Waals surface area contributed by atoms with Gasteiger partial charge in [-0.05, 0) is 70.0 Å². The van der Waals surface area contributed by atoms with Gasteiger partial charge >= 0.3 is 0 Å². The van der Waals surface area contributed by atoms with Gasteiger partial charge in [-0.2, -0.15) is 0 Å². The minimum atomic E-state index is 0.123. The van der Waals surface area contributed by atoms with Crippen LogP contribution >= 0.6 is 0 Å². The molecule has 2 N–H and O–H groups in total. The Bertz CT molecular complexity index is 434. The lowest BCUT2D eigenvalue weighted by atomic mass is 10.0. The molecule has 4 nitrogen and oxygen atoms in total. The maximum Gasteiger partial charge on any atom is 0.224 e. The number of carbonyl (C=O) groups excluding carboxylic acids is 1. The zero-order valence-corrected chi connectivity index (χ0v) is 13.2. The summed E-state index contributed by atoms with van der Waals surface area (Å²) in [6.07, 6.45) is 2.80. The van der Waals surface area contributed by atoms with E-state index < -0.39 is 0 Å². The quantitative estimate of drug-likeness (QED) is 0.811. The normalized spacial score (nSPS) is 17.7. The Hall–Kier alpha value is -1.55. The fraction of sp³-hybridized carbons (Fsp3) is 0.588. The van der Waals surface area contributed by atoms with Gasteiger partial charge in [0.15, 0.2) is 0 Å². The van der Waals surface area contributed by atoms with Crippen LogP contribution in [-0.2, 0) is 4.79 Å². The number of hydrogen-bond acceptors (Lipinski definition) is 3. The highest BCUT2D eigenvalue weighted by molar-refractivity contribution is 5.90. The molecule has 1 fully saturated rings. The van der Waals surface area contributed by atoms with E-state index >= 15 is 0 Å². The molecule has 116 valence electrons. The molecule has 21 heavy (non-hydrogen) atoms. The van der Waals surface area contributed by atoms with Crippen molar-refractivity contribution in [3.05, 3.63) is 24.3 Å². The average molecular weight is 289 g/mol. The number of hydrogen-bond donors (Lipinski definition) is 2. The van der Waals surface area contributed by atoms with Crippen molar-refractivity contribution in [2.45, 2.75) is 33.1 Å². The summed E-state index contributed by atoms with van der Waals surface area (Å²) in [5.74, 6) is 0.790. The van der Waals surface area contributed by atoms with Gasteiger partial charge in [0.05, 0.1) is 0 Å². The first kappa shape index (κ1) is 15.8. The summed E-state index contributed by atoms with van der Waals surface area (Å²) in [5.41, 5.74) is 2.09. The van der Waals surface area contributed by atoms with E-state index in [1.807, 2.05) is 12.1 Å². The van der Waals surface area contributed by atoms with Crippen molar-refractivity contribution in [1.82, 2.24) is 5.32 Å². The highest BCUT2D eigenvalue weighted by atomic mass is 16.1. The summed E-state index contributed by atoms with van der Waals surface area (Å²) < 4.78 is 0. The van der Waals surface area contributed by atoms with E-state index in [0.717, 1.165) is 38.3 Å². The Morgan fingerprint density at radius 3 is 2.57 bits per heavy atom. The van der Waals surface area contributed by atoms with E-state index in [1.54, 1.807) is 0 Å². The van der Waals surface area contributed by atoms with Gasteiger partial charge in [-0.25, -0.2) is 0 Å². The molecule has 0 spiro atoms. The molecule has 0 aromatic heterocycles. The molecule has 1 aromatic rings. The average Bonchev–Trinajstić information content (AvgIpc) is 3.01. The topological polar surface area (TPSA) is 44.4 Å². The van der Waals surface area contributed by atoms with Crippen LogP contribution in [0, 0.1) is 5.92 Å². The maximum atomic E-state index is 12.0. The van der Waals surface area contributed by atoms with Gasteiger partial charge in [0.25, 0.3) is 0 Å². The van der Waals surface area contributed by atoms with Crippen LogP contribution in [0.15, 0.2) is 24.3 Å². The maximum absolute atomic E-state index is 12.0. The van der Waals surface area contributed by atoms with E-state index in [9.17, 15) is 4.79 Å². The molecule has 1 unspecified atom stereocenters. The van der Waals surface area contributed by atoms with Gasteiger partial charge in [-0.3, -0.25) is 4.79 Å². The molecule has 1 atom stereocenters. The second-order valence-corrected chi connectivity index (χ2v) is 5.66. The molecule has 1 aromatic carbocycles. The molecule has 1 aliphatic rings. The van der Waals surface area contributed by atoms with Crippen molar-refractivity contribution in [2.24, 2.45) is 5.92 Å². The lowest BCUT2D eigenvalue weighted by Crippen LogP contribution is -2.21. The molecule has 1 heterocycles. The lowest BCUT2D eigenvalue weighted by molar-refractivity contribution is -0.116. The molecule has 1 amide bonds. The van der Waals surface area contributed by atoms with Crippen LogP contribution < -0.4 is 15.5 Å². The van der Waals surface area contributed by atoms with Crippen LogP contribution in [0.2, 0.25) is 0 Å². The van der Waals surface area contributed by atoms with Gasteiger partial charge < -0.3 is 15.5 Å². The second kappa shape index (κ2) is 8.03. The van der Waals surface area contributed by atoms with Crippen molar-refractivity contribution in [2.75, 3.05) is 36.4 Å². The first-order chi connectivity index (χ1) is 10.2. The third-order valence-corrected chi connectivity index (χ3v) is 4.22. The van der Waals surface area contributed by atoms with Crippen molar-refractivity contribution < 1.29 is 4.79 Å². The van der Waals surface area contributed by atoms with Crippen molar-refractivity contribution in [3.8, 4) is 0 Å². The standard InChI is InChI=1S/C17H27N3O/c1-3-20(4-2)16-8-6-15(7-9-16)19-17(21)10-5-14-11-12-18-13-14/h6-9,14,18H,3-5,10-13H2,1-2H3,(H,19,21). The van der Waals surface area contributed by atoms with E-state index in [1.165, 1.54) is 12.1 Å². The first-order valence-electron chi connectivity index (χ1n) is 8.08. The Balaban J connectivity index is 1.80. The molecular formula is C17H27N3O. The summed E-state index contributed by atoms with van der Waals surface area (Å²) in [6.45, 7) is 8.45. The Morgan fingerprint density at radius 2 is 2.00 bits per heavy atom. The summed E-state index contributed by atoms with van der Waals surface area (Å²) in [4.78, 5) is 14.2. The molecule has 4 heteroatoms. The summed E-state index contributed by atoms with van der Waals surface area (Å²) in [6, 6.07) is 8.12. The largest absolute Gasteiger partial charge is 0.372 e. The third kappa shape index (κ3) is 4.74. The van der Waals surface area contributed by atoms with Gasteiger partial charge in [0.2, 0.25) is 5.91 Å². The number of amides is 1. The van der Waals surface area contributed by atoms with Gasteiger partial charge in [-0.1, -0.05) is 0 Å². The number of benzene rings is 1. The van der Waals surface area contributed by atoms with Gasteiger partial charge in [0.1, 0.15) is 0 Å². The number of anilines is 2. The lowest BCUT2D eigenvalue weighted by Gasteiger charge is -2.21. The zero-order chi connectivity index (χ0) is 15.1. The molecule has 0 aliphatic carbocycles. The number of nitrogens with zero attached hydrogens (tertiary/aromatic N) is 1. The third-order valence-electron chi connectivity index (χ3n) is 4.22. The Kier molecular flexibility index (Phi) is 6.05. The van der Waals surface area contributed by atoms with Crippen LogP contribution in [0.5, 0.6) is 0 Å². The fourth-order valence-corrected chi connectivity index (χ4v) is 2.86. The minimum Gasteiger partial charge on any atom is -0.372 e. The molecular weight excluding hydrogens is 262 g/mol. The van der Waals surface area contributed by atoms with E-state index in [-0.39, 0.29) is 5.91 Å². The van der Waals surface area contributed by atoms with E-state index in [0.29, 0.717) is 12.3 Å². The molecule has 0 saturated carbocycles. The summed E-state index contributed by atoms with van der Waals surface area (Å²) in [7, 11) is 0. The molecule has 2 rings (SSSR count). The van der Waals surface area contributed by atoms with Crippen LogP contribution in [0.4, 0.5) is 11.4 Å². The van der Waals surface area contributed by atoms with Crippen LogP contribution in [0.1, 0.15) is 33.1 Å². The smallest absolute Gasteiger partial charge is 0.224 e. The SMILES string of the molecule is CCN(CC)c1ccc(NC(=O)CCC2CCNC2)cc1. The van der Waals surface area contributed by atoms with Crippen molar-refractivity contribution >= 4 is 17.3 Å². The highest BCUT2D eigenvalue weighted by Gasteiger charge is 2.15. The van der Waals surface area contributed by atoms with Gasteiger partial charge in [0, 0.05) is 30.9 Å². The van der Waals surface area contributed by atoms with Crippen LogP contribution in [-0.4, -0.2) is 32.1 Å². The van der Waals surface area contributed by atoms with Gasteiger partial charge in [-0.15, -0.1) is 0 Å². The van der Waals surface area contributed by atoms with Crippen molar-refractivity contribution in [1.29, 1.82) is 0 Å². The number of rotatable bonds is 7. The van der Waals surface area contributed by atoms with E-state index in [2.05, 4.69) is 41.5 Å².